The van der Waals surface area contributed by atoms with E-state index in [-0.39, 0.29) is 6.61 Å². The summed E-state index contributed by atoms with van der Waals surface area (Å²) in [7, 11) is 1.97. The minimum Gasteiger partial charge on any atom is -0.395 e. The van der Waals surface area contributed by atoms with Gasteiger partial charge in [0.05, 0.1) is 12.3 Å². The molecule has 0 heterocycles. The summed E-state index contributed by atoms with van der Waals surface area (Å²) in [5.41, 5.74) is 2.43. The second-order valence-electron chi connectivity index (χ2n) is 5.11. The van der Waals surface area contributed by atoms with Crippen molar-refractivity contribution in [2.24, 2.45) is 0 Å². The fraction of sp³-hybridized carbons (Fsp3) is 0.625. The van der Waals surface area contributed by atoms with Gasteiger partial charge in [0.25, 0.3) is 0 Å². The van der Waals surface area contributed by atoms with Crippen molar-refractivity contribution in [1.29, 1.82) is 0 Å². The molecule has 3 nitrogen and oxygen atoms in total. The molecule has 0 aromatic heterocycles. The summed E-state index contributed by atoms with van der Waals surface area (Å²) in [6.07, 6.45) is 2.16. The number of hydrogen-bond donors (Lipinski definition) is 2. The van der Waals surface area contributed by atoms with Crippen LogP contribution < -0.4 is 10.2 Å². The van der Waals surface area contributed by atoms with Gasteiger partial charge >= 0.3 is 0 Å². The number of benzene rings is 1. The molecule has 0 aliphatic rings. The SMILES string of the molecule is CCC(CC)N(CCO)c1ccc(C(C)NC)cc1Br. The normalized spacial score (nSPS) is 12.8. The molecule has 2 N–H and O–H groups in total. The lowest BCUT2D eigenvalue weighted by Gasteiger charge is -2.33. The van der Waals surface area contributed by atoms with Crippen LogP contribution in [0.1, 0.15) is 45.2 Å². The maximum atomic E-state index is 9.34. The van der Waals surface area contributed by atoms with E-state index in [9.17, 15) is 5.11 Å². The molecule has 114 valence electrons. The molecule has 1 aromatic carbocycles. The first-order valence-corrected chi connectivity index (χ1v) is 8.22. The van der Waals surface area contributed by atoms with Gasteiger partial charge in [-0.3, -0.25) is 0 Å². The highest BCUT2D eigenvalue weighted by Gasteiger charge is 2.18. The van der Waals surface area contributed by atoms with E-state index in [2.05, 4.69) is 65.1 Å². The Morgan fingerprint density at radius 2 is 1.95 bits per heavy atom. The molecule has 4 heteroatoms. The fourth-order valence-corrected chi connectivity index (χ4v) is 3.15. The number of nitrogens with one attached hydrogen (secondary N) is 1. The standard InChI is InChI=1S/C16H27BrN2O/c1-5-14(6-2)19(9-10-20)16-8-7-13(11-15(16)17)12(3)18-4/h7-8,11-12,14,18,20H,5-6,9-10H2,1-4H3. The predicted molar refractivity (Wildman–Crippen MR) is 90.4 cm³/mol. The van der Waals surface area contributed by atoms with E-state index in [1.165, 1.54) is 11.3 Å². The van der Waals surface area contributed by atoms with Gasteiger partial charge in [0.1, 0.15) is 0 Å². The highest BCUT2D eigenvalue weighted by atomic mass is 79.9. The summed E-state index contributed by atoms with van der Waals surface area (Å²) in [6.45, 7) is 7.39. The minimum atomic E-state index is 0.178. The summed E-state index contributed by atoms with van der Waals surface area (Å²) in [6, 6.07) is 7.28. The quantitative estimate of drug-likeness (QED) is 0.755. The molecule has 20 heavy (non-hydrogen) atoms. The summed E-state index contributed by atoms with van der Waals surface area (Å²) in [5, 5.41) is 12.6. The molecule has 0 amide bonds. The van der Waals surface area contributed by atoms with Gasteiger partial charge in [0.2, 0.25) is 0 Å². The van der Waals surface area contributed by atoms with Gasteiger partial charge < -0.3 is 15.3 Å². The van der Waals surface area contributed by atoms with E-state index in [1.807, 2.05) is 7.05 Å². The smallest absolute Gasteiger partial charge is 0.0606 e. The van der Waals surface area contributed by atoms with Crippen molar-refractivity contribution < 1.29 is 5.11 Å². The largest absolute Gasteiger partial charge is 0.395 e. The van der Waals surface area contributed by atoms with Crippen molar-refractivity contribution in [2.45, 2.75) is 45.7 Å². The van der Waals surface area contributed by atoms with Gasteiger partial charge in [-0.05, 0) is 60.4 Å². The molecule has 0 fully saturated rings. The van der Waals surface area contributed by atoms with Crippen LogP contribution in [0.25, 0.3) is 0 Å². The average Bonchev–Trinajstić information content (AvgIpc) is 2.46. The highest BCUT2D eigenvalue weighted by molar-refractivity contribution is 9.10. The third kappa shape index (κ3) is 4.21. The number of rotatable bonds is 8. The van der Waals surface area contributed by atoms with E-state index in [1.54, 1.807) is 0 Å². The zero-order chi connectivity index (χ0) is 15.1. The maximum absolute atomic E-state index is 9.34. The van der Waals surface area contributed by atoms with Crippen LogP contribution in [0.15, 0.2) is 22.7 Å². The van der Waals surface area contributed by atoms with Gasteiger partial charge in [0, 0.05) is 23.1 Å². The molecule has 1 atom stereocenters. The van der Waals surface area contributed by atoms with E-state index in [4.69, 9.17) is 0 Å². The molecular weight excluding hydrogens is 316 g/mol. The van der Waals surface area contributed by atoms with Crippen LogP contribution in [0.4, 0.5) is 5.69 Å². The third-order valence-corrected chi connectivity index (χ3v) is 4.57. The topological polar surface area (TPSA) is 35.5 Å². The maximum Gasteiger partial charge on any atom is 0.0606 e. The van der Waals surface area contributed by atoms with Gasteiger partial charge in [-0.25, -0.2) is 0 Å². The number of aliphatic hydroxyl groups is 1. The summed E-state index contributed by atoms with van der Waals surface area (Å²) < 4.78 is 1.09. The van der Waals surface area contributed by atoms with Crippen LogP contribution in [0, 0.1) is 0 Å². The molecule has 0 radical (unpaired) electrons. The fourth-order valence-electron chi connectivity index (χ4n) is 2.53. The Balaban J connectivity index is 3.08. The third-order valence-electron chi connectivity index (χ3n) is 3.94. The first-order chi connectivity index (χ1) is 9.58. The molecule has 1 unspecified atom stereocenters. The van der Waals surface area contributed by atoms with Crippen molar-refractivity contribution in [3.63, 3.8) is 0 Å². The first kappa shape index (κ1) is 17.5. The van der Waals surface area contributed by atoms with E-state index >= 15 is 0 Å². The van der Waals surface area contributed by atoms with E-state index < -0.39 is 0 Å². The Hall–Kier alpha value is -0.580. The Kier molecular flexibility index (Phi) is 7.56. The van der Waals surface area contributed by atoms with Gasteiger partial charge in [0.15, 0.2) is 0 Å². The highest BCUT2D eigenvalue weighted by Crippen LogP contribution is 2.31. The molecule has 1 aromatic rings. The van der Waals surface area contributed by atoms with Crippen molar-refractivity contribution >= 4 is 21.6 Å². The zero-order valence-electron chi connectivity index (χ0n) is 13.0. The number of anilines is 1. The number of hydrogen-bond acceptors (Lipinski definition) is 3. The lowest BCUT2D eigenvalue weighted by atomic mass is 10.1. The number of halogens is 1. The number of nitrogens with zero attached hydrogens (tertiary/aromatic N) is 1. The summed E-state index contributed by atoms with van der Waals surface area (Å²) in [4.78, 5) is 2.30. The monoisotopic (exact) mass is 342 g/mol. The second-order valence-corrected chi connectivity index (χ2v) is 5.96. The molecule has 0 spiro atoms. The van der Waals surface area contributed by atoms with Gasteiger partial charge in [-0.2, -0.15) is 0 Å². The molecule has 0 aliphatic carbocycles. The van der Waals surface area contributed by atoms with Crippen LogP contribution in [0.5, 0.6) is 0 Å². The van der Waals surface area contributed by atoms with E-state index in [0.29, 0.717) is 18.6 Å². The molecular formula is C16H27BrN2O. The van der Waals surface area contributed by atoms with Gasteiger partial charge in [-0.1, -0.05) is 19.9 Å². The van der Waals surface area contributed by atoms with Crippen molar-refractivity contribution in [3.05, 3.63) is 28.2 Å². The zero-order valence-corrected chi connectivity index (χ0v) is 14.6. The average molecular weight is 343 g/mol. The van der Waals surface area contributed by atoms with Crippen LogP contribution in [0.2, 0.25) is 0 Å². The van der Waals surface area contributed by atoms with Crippen molar-refractivity contribution in [1.82, 2.24) is 5.32 Å². The predicted octanol–water partition coefficient (Wildman–Crippen LogP) is 3.72. The Labute approximate surface area is 131 Å². The lowest BCUT2D eigenvalue weighted by molar-refractivity contribution is 0.296. The summed E-state index contributed by atoms with van der Waals surface area (Å²) in [5.74, 6) is 0. The lowest BCUT2D eigenvalue weighted by Crippen LogP contribution is -2.37. The Bertz CT molecular complexity index is 407. The van der Waals surface area contributed by atoms with Gasteiger partial charge in [-0.15, -0.1) is 0 Å². The summed E-state index contributed by atoms with van der Waals surface area (Å²) >= 11 is 3.69. The Morgan fingerprint density at radius 3 is 2.40 bits per heavy atom. The van der Waals surface area contributed by atoms with Crippen LogP contribution in [-0.2, 0) is 0 Å². The molecule has 0 saturated carbocycles. The minimum absolute atomic E-state index is 0.178. The first-order valence-electron chi connectivity index (χ1n) is 7.43. The van der Waals surface area contributed by atoms with E-state index in [0.717, 1.165) is 17.3 Å². The number of aliphatic hydroxyl groups excluding tert-OH is 1. The van der Waals surface area contributed by atoms with Crippen LogP contribution in [0.3, 0.4) is 0 Å². The van der Waals surface area contributed by atoms with Crippen molar-refractivity contribution in [3.8, 4) is 0 Å². The second kappa shape index (κ2) is 8.65. The molecule has 0 bridgehead atoms. The van der Waals surface area contributed by atoms with Crippen molar-refractivity contribution in [2.75, 3.05) is 25.1 Å². The Morgan fingerprint density at radius 1 is 1.30 bits per heavy atom. The molecule has 0 saturated heterocycles. The van der Waals surface area contributed by atoms with Crippen LogP contribution >= 0.6 is 15.9 Å². The molecule has 1 rings (SSSR count). The molecule has 0 aliphatic heterocycles. The van der Waals surface area contributed by atoms with Crippen LogP contribution in [-0.4, -0.2) is 31.3 Å².